The van der Waals surface area contributed by atoms with Crippen LogP contribution in [0.3, 0.4) is 0 Å². The second-order valence-electron chi connectivity index (χ2n) is 4.39. The SMILES string of the molecule is CCCc1cccc(CCC)c1-n1ccnc1. The Hall–Kier alpha value is -1.57. The van der Waals surface area contributed by atoms with Gasteiger partial charge < -0.3 is 4.57 Å². The molecule has 0 N–H and O–H groups in total. The van der Waals surface area contributed by atoms with Crippen LogP contribution >= 0.6 is 0 Å². The first-order valence-corrected chi connectivity index (χ1v) is 6.46. The number of hydrogen-bond acceptors (Lipinski definition) is 1. The summed E-state index contributed by atoms with van der Waals surface area (Å²) in [5, 5.41) is 0. The van der Waals surface area contributed by atoms with Crippen molar-refractivity contribution in [3.05, 3.63) is 48.0 Å². The zero-order chi connectivity index (χ0) is 12.1. The van der Waals surface area contributed by atoms with Crippen LogP contribution in [0.5, 0.6) is 0 Å². The van der Waals surface area contributed by atoms with Gasteiger partial charge in [0.05, 0.1) is 12.0 Å². The molecule has 0 radical (unpaired) electrons. The third-order valence-electron chi connectivity index (χ3n) is 3.00. The number of aryl methyl sites for hydroxylation is 2. The number of rotatable bonds is 5. The van der Waals surface area contributed by atoms with Gasteiger partial charge in [-0.1, -0.05) is 44.9 Å². The van der Waals surface area contributed by atoms with E-state index in [-0.39, 0.29) is 0 Å². The number of hydrogen-bond donors (Lipinski definition) is 0. The monoisotopic (exact) mass is 228 g/mol. The first kappa shape index (κ1) is 11.9. The van der Waals surface area contributed by atoms with Gasteiger partial charge >= 0.3 is 0 Å². The largest absolute Gasteiger partial charge is 0.306 e. The van der Waals surface area contributed by atoms with Crippen LogP contribution in [0.25, 0.3) is 5.69 Å². The van der Waals surface area contributed by atoms with E-state index in [4.69, 9.17) is 0 Å². The van der Waals surface area contributed by atoms with Crippen LogP contribution in [0.1, 0.15) is 37.8 Å². The summed E-state index contributed by atoms with van der Waals surface area (Å²) in [6.45, 7) is 4.45. The van der Waals surface area contributed by atoms with Crippen molar-refractivity contribution in [2.45, 2.75) is 39.5 Å². The molecular formula is C15H20N2. The maximum Gasteiger partial charge on any atom is 0.0991 e. The molecule has 17 heavy (non-hydrogen) atoms. The van der Waals surface area contributed by atoms with Crippen molar-refractivity contribution >= 4 is 0 Å². The van der Waals surface area contributed by atoms with Crippen LogP contribution < -0.4 is 0 Å². The fourth-order valence-corrected chi connectivity index (χ4v) is 2.31. The minimum Gasteiger partial charge on any atom is -0.306 e. The molecule has 0 saturated heterocycles. The molecule has 2 rings (SSSR count). The Morgan fingerprint density at radius 1 is 1.06 bits per heavy atom. The third kappa shape index (κ3) is 2.57. The van der Waals surface area contributed by atoms with E-state index in [9.17, 15) is 0 Å². The van der Waals surface area contributed by atoms with E-state index in [1.165, 1.54) is 29.7 Å². The first-order chi connectivity index (χ1) is 8.36. The molecule has 0 atom stereocenters. The smallest absolute Gasteiger partial charge is 0.0991 e. The number of aromatic nitrogens is 2. The molecule has 0 aliphatic carbocycles. The Morgan fingerprint density at radius 2 is 1.71 bits per heavy atom. The molecule has 90 valence electrons. The molecule has 0 fully saturated rings. The lowest BCUT2D eigenvalue weighted by Crippen LogP contribution is -2.02. The fourth-order valence-electron chi connectivity index (χ4n) is 2.31. The number of para-hydroxylation sites is 1. The van der Waals surface area contributed by atoms with Crippen LogP contribution in [0.2, 0.25) is 0 Å². The molecule has 0 unspecified atom stereocenters. The summed E-state index contributed by atoms with van der Waals surface area (Å²) in [6, 6.07) is 6.65. The highest BCUT2D eigenvalue weighted by Crippen LogP contribution is 2.22. The molecule has 0 aliphatic heterocycles. The second-order valence-corrected chi connectivity index (χ2v) is 4.39. The van der Waals surface area contributed by atoms with Crippen molar-refractivity contribution in [2.24, 2.45) is 0 Å². The first-order valence-electron chi connectivity index (χ1n) is 6.46. The van der Waals surface area contributed by atoms with E-state index < -0.39 is 0 Å². The normalized spacial score (nSPS) is 10.7. The Kier molecular flexibility index (Phi) is 3.97. The molecule has 0 aliphatic rings. The van der Waals surface area contributed by atoms with E-state index in [0.29, 0.717) is 0 Å². The van der Waals surface area contributed by atoms with Crippen LogP contribution in [0, 0.1) is 0 Å². The lowest BCUT2D eigenvalue weighted by Gasteiger charge is -2.14. The highest BCUT2D eigenvalue weighted by Gasteiger charge is 2.08. The Morgan fingerprint density at radius 3 is 2.18 bits per heavy atom. The molecule has 0 amide bonds. The number of nitrogens with zero attached hydrogens (tertiary/aromatic N) is 2. The summed E-state index contributed by atoms with van der Waals surface area (Å²) >= 11 is 0. The maximum absolute atomic E-state index is 4.16. The van der Waals surface area contributed by atoms with Gasteiger partial charge in [0, 0.05) is 12.4 Å². The molecule has 1 heterocycles. The molecule has 0 spiro atoms. The van der Waals surface area contributed by atoms with Crippen molar-refractivity contribution < 1.29 is 0 Å². The summed E-state index contributed by atoms with van der Waals surface area (Å²) in [7, 11) is 0. The summed E-state index contributed by atoms with van der Waals surface area (Å²) < 4.78 is 2.15. The van der Waals surface area contributed by atoms with Crippen LogP contribution in [0.4, 0.5) is 0 Å². The van der Waals surface area contributed by atoms with Gasteiger partial charge in [0.25, 0.3) is 0 Å². The standard InChI is InChI=1S/C15H20N2/c1-3-6-13-8-5-9-14(7-4-2)15(13)17-11-10-16-12-17/h5,8-12H,3-4,6-7H2,1-2H3. The highest BCUT2D eigenvalue weighted by molar-refractivity contribution is 5.48. The van der Waals surface area contributed by atoms with Gasteiger partial charge in [-0.15, -0.1) is 0 Å². The lowest BCUT2D eigenvalue weighted by atomic mass is 10.00. The average Bonchev–Trinajstić information content (AvgIpc) is 2.84. The van der Waals surface area contributed by atoms with E-state index >= 15 is 0 Å². The van der Waals surface area contributed by atoms with E-state index in [2.05, 4.69) is 41.6 Å². The summed E-state index contributed by atoms with van der Waals surface area (Å²) in [5.41, 5.74) is 4.20. The summed E-state index contributed by atoms with van der Waals surface area (Å²) in [4.78, 5) is 4.16. The Labute approximate surface area is 103 Å². The Balaban J connectivity index is 2.50. The van der Waals surface area contributed by atoms with Gasteiger partial charge in [-0.25, -0.2) is 4.98 Å². The third-order valence-corrected chi connectivity index (χ3v) is 3.00. The van der Waals surface area contributed by atoms with Gasteiger partial charge in [-0.2, -0.15) is 0 Å². The predicted octanol–water partition coefficient (Wildman–Crippen LogP) is 3.78. The van der Waals surface area contributed by atoms with Crippen molar-refractivity contribution in [1.82, 2.24) is 9.55 Å². The predicted molar refractivity (Wildman–Crippen MR) is 71.6 cm³/mol. The summed E-state index contributed by atoms with van der Waals surface area (Å²) in [6.07, 6.45) is 10.4. The molecule has 1 aromatic carbocycles. The second kappa shape index (κ2) is 5.67. The van der Waals surface area contributed by atoms with E-state index in [1.807, 2.05) is 18.7 Å². The van der Waals surface area contributed by atoms with Crippen LogP contribution in [0.15, 0.2) is 36.9 Å². The van der Waals surface area contributed by atoms with Crippen LogP contribution in [-0.2, 0) is 12.8 Å². The van der Waals surface area contributed by atoms with Crippen LogP contribution in [-0.4, -0.2) is 9.55 Å². The van der Waals surface area contributed by atoms with Crippen molar-refractivity contribution in [2.75, 3.05) is 0 Å². The zero-order valence-corrected chi connectivity index (χ0v) is 10.7. The molecule has 2 aromatic rings. The number of imidazole rings is 1. The highest BCUT2D eigenvalue weighted by atomic mass is 15.0. The average molecular weight is 228 g/mol. The van der Waals surface area contributed by atoms with Crippen molar-refractivity contribution in [3.63, 3.8) is 0 Å². The van der Waals surface area contributed by atoms with Gasteiger partial charge in [-0.05, 0) is 24.0 Å². The lowest BCUT2D eigenvalue weighted by molar-refractivity contribution is 0.862. The molecule has 0 bridgehead atoms. The molecular weight excluding hydrogens is 208 g/mol. The summed E-state index contributed by atoms with van der Waals surface area (Å²) in [5.74, 6) is 0. The van der Waals surface area contributed by atoms with Gasteiger partial charge in [0.1, 0.15) is 0 Å². The minimum atomic E-state index is 1.13. The topological polar surface area (TPSA) is 17.8 Å². The molecule has 0 saturated carbocycles. The van der Waals surface area contributed by atoms with Crippen molar-refractivity contribution in [1.29, 1.82) is 0 Å². The molecule has 2 nitrogen and oxygen atoms in total. The molecule has 2 heteroatoms. The van der Waals surface area contributed by atoms with E-state index in [0.717, 1.165) is 12.8 Å². The van der Waals surface area contributed by atoms with Gasteiger partial charge in [0.2, 0.25) is 0 Å². The quantitative estimate of drug-likeness (QED) is 0.761. The maximum atomic E-state index is 4.16. The zero-order valence-electron chi connectivity index (χ0n) is 10.7. The van der Waals surface area contributed by atoms with E-state index in [1.54, 1.807) is 0 Å². The van der Waals surface area contributed by atoms with Crippen molar-refractivity contribution in [3.8, 4) is 5.69 Å². The van der Waals surface area contributed by atoms with Gasteiger partial charge in [-0.3, -0.25) is 0 Å². The minimum absolute atomic E-state index is 1.13. The Bertz CT molecular complexity index is 434. The number of benzene rings is 1. The molecule has 1 aromatic heterocycles. The van der Waals surface area contributed by atoms with Gasteiger partial charge in [0.15, 0.2) is 0 Å². The fraction of sp³-hybridized carbons (Fsp3) is 0.400.